The molecule has 3 aromatic heterocycles. The molecule has 0 spiro atoms. The van der Waals surface area contributed by atoms with Gasteiger partial charge < -0.3 is 56.0 Å². The Morgan fingerprint density at radius 3 is 2.30 bits per heavy atom. The largest absolute Gasteiger partial charge is 0.496 e. The van der Waals surface area contributed by atoms with Crippen molar-refractivity contribution in [3.8, 4) is 56.1 Å². The topological polar surface area (TPSA) is 340 Å². The summed E-state index contributed by atoms with van der Waals surface area (Å²) in [7, 11) is -1.28. The average molecular weight is 1400 g/mol. The molecule has 518 valence electrons. The molecule has 0 aliphatic carbocycles. The van der Waals surface area contributed by atoms with Crippen LogP contribution in [-0.4, -0.2) is 155 Å². The van der Waals surface area contributed by atoms with Gasteiger partial charge in [-0.2, -0.15) is 8.42 Å². The molecule has 1 fully saturated rings. The zero-order valence-corrected chi connectivity index (χ0v) is 57.7. The van der Waals surface area contributed by atoms with Crippen molar-refractivity contribution < 1.29 is 69.9 Å². The number of fused-ring (bicyclic) bond motifs is 1. The third-order valence-corrected chi connectivity index (χ3v) is 20.2. The SMILES string of the molecule is CC[C@](C)(C(=O)N[C@@H](CCCNC(N)=O)C(=O)Nc1ccc(C[N+]2(C)CCN(CCOc3ccc(-c4c(-c5ccc(F)cc5)sc5ncnc(O[C@H](Cc6ccccc6OCc6ccnc(-c7ccccc7OC)n6)C(=O)O)c45)c(C)c3Cl)CC2)c(S(=O)(=O)O)c1)C(=O)C(N)C(C)C. The van der Waals surface area contributed by atoms with Crippen molar-refractivity contribution in [2.24, 2.45) is 22.8 Å². The van der Waals surface area contributed by atoms with Crippen LogP contribution in [0.15, 0.2) is 127 Å². The number of carboxylic acids is 1. The molecule has 0 radical (unpaired) electrons. The van der Waals surface area contributed by atoms with Crippen molar-refractivity contribution in [2.75, 3.05) is 65.3 Å². The molecule has 0 saturated carbocycles. The number of nitrogens with zero attached hydrogens (tertiary/aromatic N) is 6. The fraction of sp³-hybridized carbons (Fsp3) is 0.357. The number of rotatable bonds is 31. The molecular weight excluding hydrogens is 1320 g/mol. The molecule has 24 nitrogen and oxygen atoms in total. The number of para-hydroxylation sites is 2. The number of primary amides is 1. The van der Waals surface area contributed by atoms with E-state index in [1.165, 1.54) is 48.9 Å². The number of Topliss-reactive ketones (excluding diaryl/α,β-unsaturated/α-hetero) is 1. The van der Waals surface area contributed by atoms with Crippen LogP contribution in [0.1, 0.15) is 69.3 Å². The number of thiophene rings is 1. The third-order valence-electron chi connectivity index (χ3n) is 17.6. The van der Waals surface area contributed by atoms with Crippen molar-refractivity contribution in [3.05, 3.63) is 155 Å². The number of quaternary nitrogens is 1. The van der Waals surface area contributed by atoms with E-state index >= 15 is 0 Å². The monoisotopic (exact) mass is 1400 g/mol. The number of anilines is 1. The van der Waals surface area contributed by atoms with Crippen molar-refractivity contribution >= 4 is 78.6 Å². The Bertz CT molecular complexity index is 4350. The summed E-state index contributed by atoms with van der Waals surface area (Å²) in [5.41, 5.74) is 14.5. The second-order valence-corrected chi connectivity index (χ2v) is 27.6. The van der Waals surface area contributed by atoms with E-state index in [9.17, 15) is 46.4 Å². The van der Waals surface area contributed by atoms with Crippen LogP contribution in [0.3, 0.4) is 0 Å². The van der Waals surface area contributed by atoms with Gasteiger partial charge in [0.2, 0.25) is 23.8 Å². The summed E-state index contributed by atoms with van der Waals surface area (Å²) in [6.45, 7) is 11.9. The van der Waals surface area contributed by atoms with Crippen molar-refractivity contribution in [1.29, 1.82) is 0 Å². The normalized spacial score (nSPS) is 14.7. The molecule has 1 aliphatic heterocycles. The maximum Gasteiger partial charge on any atom is 0.345 e. The second-order valence-electron chi connectivity index (χ2n) is 24.8. The van der Waals surface area contributed by atoms with Crippen LogP contribution in [0.4, 0.5) is 14.9 Å². The van der Waals surface area contributed by atoms with E-state index in [2.05, 4.69) is 35.8 Å². The Hall–Kier alpha value is -9.22. The number of nitrogens with one attached hydrogen (secondary N) is 3. The van der Waals surface area contributed by atoms with Gasteiger partial charge in [0.05, 0.1) is 55.0 Å². The van der Waals surface area contributed by atoms with Gasteiger partial charge in [0.15, 0.2) is 11.6 Å². The Morgan fingerprint density at radius 2 is 1.61 bits per heavy atom. The van der Waals surface area contributed by atoms with Gasteiger partial charge in [-0.1, -0.05) is 80.9 Å². The number of carboxylic acid groups (broad SMARTS) is 1. The number of piperazine rings is 1. The molecule has 4 atom stereocenters. The van der Waals surface area contributed by atoms with E-state index in [0.29, 0.717) is 125 Å². The van der Waals surface area contributed by atoms with Gasteiger partial charge >= 0.3 is 12.0 Å². The molecule has 4 amide bonds. The molecule has 4 heterocycles. The highest BCUT2D eigenvalue weighted by Gasteiger charge is 2.44. The number of methoxy groups -OCH3 is 1. The molecule has 9 rings (SSSR count). The van der Waals surface area contributed by atoms with E-state index < -0.39 is 74.0 Å². The van der Waals surface area contributed by atoms with Gasteiger partial charge in [-0.3, -0.25) is 23.8 Å². The van der Waals surface area contributed by atoms with Crippen LogP contribution in [-0.2, 0) is 48.9 Å². The summed E-state index contributed by atoms with van der Waals surface area (Å²) in [6, 6.07) is 27.0. The highest BCUT2D eigenvalue weighted by molar-refractivity contribution is 7.85. The number of carbonyl (C=O) groups is 5. The summed E-state index contributed by atoms with van der Waals surface area (Å²) in [6.07, 6.45) is 1.61. The van der Waals surface area contributed by atoms with Gasteiger partial charge in [0.1, 0.15) is 70.3 Å². The first-order chi connectivity index (χ1) is 46.7. The molecule has 1 unspecified atom stereocenters. The minimum atomic E-state index is -4.84. The summed E-state index contributed by atoms with van der Waals surface area (Å²) >= 11 is 8.51. The summed E-state index contributed by atoms with van der Waals surface area (Å²) in [4.78, 5) is 87.1. The molecule has 8 aromatic rings. The lowest BCUT2D eigenvalue weighted by molar-refractivity contribution is -0.926. The Balaban J connectivity index is 0.868. The predicted octanol–water partition coefficient (Wildman–Crippen LogP) is 9.67. The van der Waals surface area contributed by atoms with Crippen LogP contribution in [0, 0.1) is 24.1 Å². The Labute approximate surface area is 576 Å². The number of ether oxygens (including phenoxy) is 4. The molecule has 28 heteroatoms. The first-order valence-corrected chi connectivity index (χ1v) is 34.5. The van der Waals surface area contributed by atoms with Gasteiger partial charge in [0.25, 0.3) is 10.1 Å². The van der Waals surface area contributed by atoms with Crippen molar-refractivity contribution in [2.45, 2.75) is 96.5 Å². The lowest BCUT2D eigenvalue weighted by atomic mass is 9.76. The predicted molar refractivity (Wildman–Crippen MR) is 370 cm³/mol. The van der Waals surface area contributed by atoms with E-state index in [-0.39, 0.29) is 69.5 Å². The van der Waals surface area contributed by atoms with E-state index in [4.69, 9.17) is 47.0 Å². The molecule has 0 bridgehead atoms. The number of hydrogen-bond acceptors (Lipinski definition) is 18. The van der Waals surface area contributed by atoms with Gasteiger partial charge in [-0.25, -0.2) is 33.9 Å². The summed E-state index contributed by atoms with van der Waals surface area (Å²) < 4.78 is 76.1. The standard InChI is InChI=1S/C70H79ClFN11O13S2/c1-8-70(5,62(84)60(73)41(2)3)68(88)81-51(16-13-28-76-69(74)89)64(85)80-47-24-21-45(56(37-47)98(90,91)92)38-83(6)33-30-82(31-34-83)32-35-94-54-26-25-49(42(4)59(54)71)57-58-65(77-40-78-66(58)97-61(57)43-19-22-46(72)23-20-43)96-55(67(86)87)36-44-14-9-11-17-52(44)95-39-48-27-29-75-63(79-48)50-15-10-12-18-53(50)93-7/h9-12,14-15,17-27,29,37,40-41,51,55,60H,8,13,16,28,30-36,38-39,73H2,1-7H3,(H6-,74,76,80,81,85,86,87,88,89,90,91,92)/p+1/t51-,55+,60?,70-/m0/s1. The third kappa shape index (κ3) is 17.5. The highest BCUT2D eigenvalue weighted by atomic mass is 35.5. The number of carbonyl (C=O) groups excluding carboxylic acids is 4. The minimum absolute atomic E-state index is 0.00486. The van der Waals surface area contributed by atoms with Crippen LogP contribution in [0.25, 0.3) is 43.2 Å². The first-order valence-electron chi connectivity index (χ1n) is 31.8. The lowest BCUT2D eigenvalue weighted by Crippen LogP contribution is -2.57. The zero-order chi connectivity index (χ0) is 70.6. The number of amides is 4. The van der Waals surface area contributed by atoms with Crippen molar-refractivity contribution in [1.82, 2.24) is 35.5 Å². The maximum absolute atomic E-state index is 14.5. The molecular formula is C70H80ClFN11O13S2+. The number of halogens is 2. The first kappa shape index (κ1) is 73.0. The van der Waals surface area contributed by atoms with Crippen LogP contribution >= 0.6 is 22.9 Å². The number of nitrogens with two attached hydrogens (primary N) is 2. The number of urea groups is 1. The summed E-state index contributed by atoms with van der Waals surface area (Å²) in [5.74, 6) is -2.06. The molecule has 1 saturated heterocycles. The molecule has 1 aliphatic rings. The van der Waals surface area contributed by atoms with Gasteiger partial charge in [0, 0.05) is 60.5 Å². The number of likely N-dealkylation sites (N-methyl/N-ethyl adjacent to an activating group) is 1. The van der Waals surface area contributed by atoms with Crippen LogP contribution in [0.2, 0.25) is 5.02 Å². The number of aromatic nitrogens is 4. The van der Waals surface area contributed by atoms with Crippen molar-refractivity contribution in [3.63, 3.8) is 0 Å². The number of benzene rings is 5. The fourth-order valence-electron chi connectivity index (χ4n) is 11.5. The number of hydrogen-bond donors (Lipinski definition) is 7. The zero-order valence-electron chi connectivity index (χ0n) is 55.3. The smallest absolute Gasteiger partial charge is 0.345 e. The van der Waals surface area contributed by atoms with E-state index in [1.807, 2.05) is 44.3 Å². The minimum Gasteiger partial charge on any atom is -0.496 e. The maximum atomic E-state index is 14.5. The fourth-order valence-corrected chi connectivity index (χ4v) is 13.6. The molecule has 9 N–H and O–H groups in total. The van der Waals surface area contributed by atoms with E-state index in [1.54, 1.807) is 82.6 Å². The second kappa shape index (κ2) is 32.0. The van der Waals surface area contributed by atoms with Gasteiger partial charge in [-0.15, -0.1) is 11.3 Å². The Morgan fingerprint density at radius 1 is 0.898 bits per heavy atom. The highest BCUT2D eigenvalue weighted by Crippen LogP contribution is 2.50. The molecule has 5 aromatic carbocycles. The van der Waals surface area contributed by atoms with Crippen LogP contribution in [0.5, 0.6) is 23.1 Å². The molecule has 98 heavy (non-hydrogen) atoms. The quantitative estimate of drug-likeness (QED) is 0.00919. The Kier molecular flexibility index (Phi) is 23.8. The lowest BCUT2D eigenvalue weighted by Gasteiger charge is -2.42. The van der Waals surface area contributed by atoms with Crippen LogP contribution < -0.4 is 46.4 Å². The summed E-state index contributed by atoms with van der Waals surface area (Å²) in [5, 5.41) is 19.3. The number of aliphatic carboxylic acids is 1. The van der Waals surface area contributed by atoms with Gasteiger partial charge in [-0.05, 0) is 122 Å². The number of ketones is 1. The average Bonchev–Trinajstić information content (AvgIpc) is 1.57. The van der Waals surface area contributed by atoms with E-state index in [0.717, 1.165) is 6.07 Å².